The highest BCUT2D eigenvalue weighted by Crippen LogP contribution is 2.23. The molecular formula is C15H22FN3O. The van der Waals surface area contributed by atoms with E-state index in [-0.39, 0.29) is 23.2 Å². The molecule has 1 aliphatic rings. The Kier molecular flexibility index (Phi) is 4.26. The lowest BCUT2D eigenvalue weighted by atomic mass is 9.89. The Bertz CT molecular complexity index is 490. The molecule has 0 spiro atoms. The average molecular weight is 279 g/mol. The van der Waals surface area contributed by atoms with Crippen LogP contribution in [-0.4, -0.2) is 30.0 Å². The minimum absolute atomic E-state index is 0.0633. The maximum atomic E-state index is 13.7. The molecule has 1 aliphatic heterocycles. The van der Waals surface area contributed by atoms with Gasteiger partial charge in [-0.25, -0.2) is 9.37 Å². The van der Waals surface area contributed by atoms with Gasteiger partial charge in [-0.1, -0.05) is 20.8 Å². The molecule has 0 bridgehead atoms. The second kappa shape index (κ2) is 5.77. The van der Waals surface area contributed by atoms with Gasteiger partial charge in [0.05, 0.1) is 0 Å². The van der Waals surface area contributed by atoms with Crippen LogP contribution in [0.3, 0.4) is 0 Å². The fourth-order valence-corrected chi connectivity index (χ4v) is 2.22. The van der Waals surface area contributed by atoms with Crippen molar-refractivity contribution in [2.75, 3.05) is 18.0 Å². The van der Waals surface area contributed by atoms with Crippen LogP contribution in [0.25, 0.3) is 0 Å². The van der Waals surface area contributed by atoms with Gasteiger partial charge in [0, 0.05) is 30.7 Å². The van der Waals surface area contributed by atoms with E-state index in [1.165, 1.54) is 6.07 Å². The molecule has 0 unspecified atom stereocenters. The van der Waals surface area contributed by atoms with Crippen molar-refractivity contribution in [2.24, 2.45) is 5.41 Å². The van der Waals surface area contributed by atoms with Gasteiger partial charge in [-0.15, -0.1) is 0 Å². The second-order valence-electron chi connectivity index (χ2n) is 5.95. The van der Waals surface area contributed by atoms with E-state index in [2.05, 4.69) is 10.3 Å². The molecule has 2 rings (SSSR count). The van der Waals surface area contributed by atoms with Gasteiger partial charge in [-0.2, -0.15) is 0 Å². The summed E-state index contributed by atoms with van der Waals surface area (Å²) in [4.78, 5) is 18.1. The number of nitrogens with zero attached hydrogens (tertiary/aromatic N) is 2. The van der Waals surface area contributed by atoms with Gasteiger partial charge in [-0.3, -0.25) is 4.79 Å². The van der Waals surface area contributed by atoms with E-state index in [0.717, 1.165) is 12.8 Å². The zero-order chi connectivity index (χ0) is 14.8. The fourth-order valence-electron chi connectivity index (χ4n) is 2.22. The molecule has 0 aromatic carbocycles. The monoisotopic (exact) mass is 279 g/mol. The molecule has 1 aromatic rings. The highest BCUT2D eigenvalue weighted by Gasteiger charge is 2.31. The molecule has 20 heavy (non-hydrogen) atoms. The highest BCUT2D eigenvalue weighted by atomic mass is 19.1. The van der Waals surface area contributed by atoms with E-state index >= 15 is 0 Å². The minimum atomic E-state index is -0.357. The number of aromatic nitrogens is 1. The number of amides is 1. The molecule has 1 atom stereocenters. The van der Waals surface area contributed by atoms with Gasteiger partial charge in [0.1, 0.15) is 0 Å². The van der Waals surface area contributed by atoms with Crippen LogP contribution in [0.15, 0.2) is 18.3 Å². The molecule has 1 amide bonds. The smallest absolute Gasteiger partial charge is 0.225 e. The summed E-state index contributed by atoms with van der Waals surface area (Å²) in [7, 11) is 0. The molecule has 1 fully saturated rings. The first-order chi connectivity index (χ1) is 9.44. The summed E-state index contributed by atoms with van der Waals surface area (Å²) < 4.78 is 13.7. The van der Waals surface area contributed by atoms with Crippen LogP contribution in [0.2, 0.25) is 0 Å². The van der Waals surface area contributed by atoms with Crippen molar-refractivity contribution in [3.63, 3.8) is 0 Å². The summed E-state index contributed by atoms with van der Waals surface area (Å²) in [5.74, 6) is 0.126. The lowest BCUT2D eigenvalue weighted by molar-refractivity contribution is -0.130. The molecule has 4 nitrogen and oxygen atoms in total. The van der Waals surface area contributed by atoms with Gasteiger partial charge in [0.25, 0.3) is 0 Å². The van der Waals surface area contributed by atoms with Crippen LogP contribution in [0.1, 0.15) is 33.6 Å². The van der Waals surface area contributed by atoms with Crippen molar-refractivity contribution in [3.05, 3.63) is 24.1 Å². The van der Waals surface area contributed by atoms with E-state index in [0.29, 0.717) is 18.9 Å². The first-order valence-corrected chi connectivity index (χ1v) is 7.10. The normalized spacial score (nSPS) is 19.2. The molecule has 5 heteroatoms. The predicted molar refractivity (Wildman–Crippen MR) is 77.0 cm³/mol. The lowest BCUT2D eigenvalue weighted by Crippen LogP contribution is -2.44. The molecule has 1 saturated heterocycles. The maximum Gasteiger partial charge on any atom is 0.225 e. The second-order valence-corrected chi connectivity index (χ2v) is 5.95. The Morgan fingerprint density at radius 2 is 2.35 bits per heavy atom. The van der Waals surface area contributed by atoms with Crippen LogP contribution in [0.4, 0.5) is 10.2 Å². The zero-order valence-corrected chi connectivity index (χ0v) is 12.3. The molecule has 1 N–H and O–H groups in total. The first kappa shape index (κ1) is 14.8. The molecule has 2 heterocycles. The third-order valence-corrected chi connectivity index (χ3v) is 4.06. The van der Waals surface area contributed by atoms with Crippen molar-refractivity contribution in [2.45, 2.75) is 39.7 Å². The number of hydrogen-bond acceptors (Lipinski definition) is 3. The summed E-state index contributed by atoms with van der Waals surface area (Å²) in [6.45, 7) is 7.20. The number of nitrogens with one attached hydrogen (secondary N) is 1. The average Bonchev–Trinajstić information content (AvgIpc) is 2.87. The Labute approximate surface area is 119 Å². The van der Waals surface area contributed by atoms with Crippen molar-refractivity contribution >= 4 is 11.7 Å². The fraction of sp³-hybridized carbons (Fsp3) is 0.600. The van der Waals surface area contributed by atoms with E-state index in [9.17, 15) is 9.18 Å². The number of carbonyl (C=O) groups is 1. The third kappa shape index (κ3) is 3.08. The number of pyridine rings is 1. The van der Waals surface area contributed by atoms with Crippen molar-refractivity contribution < 1.29 is 9.18 Å². The van der Waals surface area contributed by atoms with Crippen molar-refractivity contribution in [1.29, 1.82) is 0 Å². The van der Waals surface area contributed by atoms with Crippen LogP contribution < -0.4 is 10.2 Å². The maximum absolute atomic E-state index is 13.7. The number of hydrogen-bond donors (Lipinski definition) is 1. The summed E-state index contributed by atoms with van der Waals surface area (Å²) in [6.07, 6.45) is 3.20. The van der Waals surface area contributed by atoms with Gasteiger partial charge >= 0.3 is 0 Å². The first-order valence-electron chi connectivity index (χ1n) is 7.10. The van der Waals surface area contributed by atoms with Gasteiger partial charge in [-0.05, 0) is 25.0 Å². The number of carbonyl (C=O) groups excluding carboxylic acids is 1. The minimum Gasteiger partial charge on any atom is -0.352 e. The van der Waals surface area contributed by atoms with E-state index < -0.39 is 0 Å². The van der Waals surface area contributed by atoms with Gasteiger partial charge < -0.3 is 10.2 Å². The van der Waals surface area contributed by atoms with Gasteiger partial charge in [0.15, 0.2) is 11.6 Å². The summed E-state index contributed by atoms with van der Waals surface area (Å²) >= 11 is 0. The standard InChI is InChI=1S/C15H22FN3O/c1-4-15(2,3)14(20)18-11-7-9-19(10-11)13-12(16)6-5-8-17-13/h5-6,8,11H,4,7,9-10H2,1-3H3,(H,18,20)/t11-/m1/s1. The third-order valence-electron chi connectivity index (χ3n) is 4.06. The Balaban J connectivity index is 1.97. The number of rotatable bonds is 4. The predicted octanol–water partition coefficient (Wildman–Crippen LogP) is 2.35. The molecule has 0 aliphatic carbocycles. The Morgan fingerprint density at radius 3 is 3.00 bits per heavy atom. The SMILES string of the molecule is CCC(C)(C)C(=O)N[C@@H]1CCN(c2ncccc2F)C1. The molecular weight excluding hydrogens is 257 g/mol. The summed E-state index contributed by atoms with van der Waals surface area (Å²) in [5, 5.41) is 3.06. The Hall–Kier alpha value is -1.65. The largest absolute Gasteiger partial charge is 0.352 e. The number of halogens is 1. The molecule has 0 saturated carbocycles. The van der Waals surface area contributed by atoms with Gasteiger partial charge in [0.2, 0.25) is 5.91 Å². The van der Waals surface area contributed by atoms with E-state index in [4.69, 9.17) is 0 Å². The van der Waals surface area contributed by atoms with Crippen molar-refractivity contribution in [3.8, 4) is 0 Å². The Morgan fingerprint density at radius 1 is 1.60 bits per heavy atom. The van der Waals surface area contributed by atoms with Crippen LogP contribution >= 0.6 is 0 Å². The number of anilines is 1. The topological polar surface area (TPSA) is 45.2 Å². The zero-order valence-electron chi connectivity index (χ0n) is 12.3. The molecule has 110 valence electrons. The van der Waals surface area contributed by atoms with Crippen LogP contribution in [0.5, 0.6) is 0 Å². The molecule has 1 aromatic heterocycles. The summed E-state index contributed by atoms with van der Waals surface area (Å²) in [5.41, 5.74) is -0.357. The van der Waals surface area contributed by atoms with E-state index in [1.807, 2.05) is 25.7 Å². The lowest BCUT2D eigenvalue weighted by Gasteiger charge is -2.24. The van der Waals surface area contributed by atoms with Crippen molar-refractivity contribution in [1.82, 2.24) is 10.3 Å². The summed E-state index contributed by atoms with van der Waals surface area (Å²) in [6, 6.07) is 3.06. The van der Waals surface area contributed by atoms with E-state index in [1.54, 1.807) is 12.3 Å². The highest BCUT2D eigenvalue weighted by molar-refractivity contribution is 5.82. The quantitative estimate of drug-likeness (QED) is 0.920. The van der Waals surface area contributed by atoms with Crippen LogP contribution in [-0.2, 0) is 4.79 Å². The molecule has 0 radical (unpaired) electrons. The van der Waals surface area contributed by atoms with Crippen LogP contribution in [0, 0.1) is 11.2 Å².